The maximum absolute atomic E-state index is 12.4. The second kappa shape index (κ2) is 7.53. The van der Waals surface area contributed by atoms with Crippen LogP contribution in [0.15, 0.2) is 41.0 Å². The zero-order valence-electron chi connectivity index (χ0n) is 12.7. The van der Waals surface area contributed by atoms with Crippen LogP contribution >= 0.6 is 23.2 Å². The number of hydrogen-bond donors (Lipinski definition) is 1. The molecule has 2 rings (SSSR count). The van der Waals surface area contributed by atoms with E-state index < -0.39 is 11.9 Å². The number of benzene rings is 1. The van der Waals surface area contributed by atoms with E-state index in [1.807, 2.05) is 0 Å². The molecule has 0 bridgehead atoms. The number of amides is 2. The Morgan fingerprint density at radius 2 is 2.00 bits per heavy atom. The van der Waals surface area contributed by atoms with Crippen molar-refractivity contribution >= 4 is 35.0 Å². The van der Waals surface area contributed by atoms with E-state index in [1.54, 1.807) is 38.2 Å². The third-order valence-corrected chi connectivity index (χ3v) is 4.14. The van der Waals surface area contributed by atoms with Gasteiger partial charge in [-0.05, 0) is 30.7 Å². The van der Waals surface area contributed by atoms with Crippen LogP contribution in [0.25, 0.3) is 0 Å². The average Bonchev–Trinajstić information content (AvgIpc) is 3.05. The van der Waals surface area contributed by atoms with Gasteiger partial charge in [0.05, 0.1) is 16.3 Å². The highest BCUT2D eigenvalue weighted by atomic mass is 35.5. The molecule has 122 valence electrons. The van der Waals surface area contributed by atoms with E-state index in [-0.39, 0.29) is 11.7 Å². The molecule has 0 saturated carbocycles. The van der Waals surface area contributed by atoms with E-state index in [4.69, 9.17) is 27.6 Å². The quantitative estimate of drug-likeness (QED) is 0.895. The van der Waals surface area contributed by atoms with E-state index >= 15 is 0 Å². The van der Waals surface area contributed by atoms with Gasteiger partial charge >= 0.3 is 0 Å². The Kier molecular flexibility index (Phi) is 5.69. The van der Waals surface area contributed by atoms with Crippen molar-refractivity contribution in [1.82, 2.24) is 10.2 Å². The number of carbonyl (C=O) groups is 2. The molecule has 1 heterocycles. The molecule has 23 heavy (non-hydrogen) atoms. The number of halogens is 2. The summed E-state index contributed by atoms with van der Waals surface area (Å²) in [5, 5.41) is 3.44. The summed E-state index contributed by atoms with van der Waals surface area (Å²) in [6, 6.07) is 7.68. The van der Waals surface area contributed by atoms with Gasteiger partial charge in [-0.1, -0.05) is 35.3 Å². The van der Waals surface area contributed by atoms with Crippen LogP contribution in [-0.4, -0.2) is 29.8 Å². The first-order chi connectivity index (χ1) is 10.9. The molecule has 7 heteroatoms. The maximum atomic E-state index is 12.4. The molecular weight excluding hydrogens is 339 g/mol. The molecule has 0 radical (unpaired) electrons. The lowest BCUT2D eigenvalue weighted by molar-refractivity contribution is -0.132. The number of nitrogens with zero attached hydrogens (tertiary/aromatic N) is 1. The van der Waals surface area contributed by atoms with Crippen molar-refractivity contribution in [1.29, 1.82) is 0 Å². The third kappa shape index (κ3) is 4.27. The van der Waals surface area contributed by atoms with E-state index in [9.17, 15) is 9.59 Å². The highest BCUT2D eigenvalue weighted by Crippen LogP contribution is 2.26. The van der Waals surface area contributed by atoms with Gasteiger partial charge < -0.3 is 14.6 Å². The van der Waals surface area contributed by atoms with Crippen LogP contribution in [0.2, 0.25) is 10.0 Å². The number of furan rings is 1. The Labute approximate surface area is 144 Å². The summed E-state index contributed by atoms with van der Waals surface area (Å²) < 4.78 is 4.99. The van der Waals surface area contributed by atoms with Crippen molar-refractivity contribution in [2.24, 2.45) is 0 Å². The molecule has 1 atom stereocenters. The predicted octanol–water partition coefficient (Wildman–Crippen LogP) is 3.36. The summed E-state index contributed by atoms with van der Waals surface area (Å²) in [4.78, 5) is 25.7. The summed E-state index contributed by atoms with van der Waals surface area (Å²) in [6.45, 7) is 1.90. The summed E-state index contributed by atoms with van der Waals surface area (Å²) in [5.41, 5.74) is 0.736. The standard InChI is InChI=1S/C16H16Cl2N2O3/c1-10(19-15(21)13-7-4-8-23-13)16(22)20(2)9-11-5-3-6-12(17)14(11)18/h3-8,10H,9H2,1-2H3,(H,19,21)/t10-/m1/s1. The summed E-state index contributed by atoms with van der Waals surface area (Å²) >= 11 is 12.1. The second-order valence-corrected chi connectivity index (χ2v) is 5.86. The van der Waals surface area contributed by atoms with Gasteiger partial charge in [0.1, 0.15) is 6.04 Å². The first-order valence-electron chi connectivity index (χ1n) is 6.92. The first kappa shape index (κ1) is 17.4. The highest BCUT2D eigenvalue weighted by Gasteiger charge is 2.22. The van der Waals surface area contributed by atoms with Gasteiger partial charge in [0.2, 0.25) is 5.91 Å². The Balaban J connectivity index is 1.98. The van der Waals surface area contributed by atoms with Crippen molar-refractivity contribution < 1.29 is 14.0 Å². The number of likely N-dealkylation sites (N-methyl/N-ethyl adjacent to an activating group) is 1. The van der Waals surface area contributed by atoms with Gasteiger partial charge in [-0.3, -0.25) is 9.59 Å². The zero-order valence-corrected chi connectivity index (χ0v) is 14.2. The smallest absolute Gasteiger partial charge is 0.287 e. The van der Waals surface area contributed by atoms with Gasteiger partial charge in [-0.25, -0.2) is 0 Å². The van der Waals surface area contributed by atoms with Crippen molar-refractivity contribution in [3.8, 4) is 0 Å². The van der Waals surface area contributed by atoms with E-state index in [0.717, 1.165) is 5.56 Å². The van der Waals surface area contributed by atoms with Crippen molar-refractivity contribution in [3.05, 3.63) is 58.0 Å². The minimum Gasteiger partial charge on any atom is -0.459 e. The number of carbonyl (C=O) groups excluding carboxylic acids is 2. The Hall–Kier alpha value is -1.98. The molecule has 1 aromatic heterocycles. The van der Waals surface area contributed by atoms with Gasteiger partial charge in [-0.2, -0.15) is 0 Å². The van der Waals surface area contributed by atoms with Crippen LogP contribution in [0, 0.1) is 0 Å². The molecule has 0 aliphatic heterocycles. The SMILES string of the molecule is C[C@@H](NC(=O)c1ccco1)C(=O)N(C)Cc1cccc(Cl)c1Cl. The average molecular weight is 355 g/mol. The van der Waals surface area contributed by atoms with Crippen molar-refractivity contribution in [2.75, 3.05) is 7.05 Å². The van der Waals surface area contributed by atoms with E-state index in [1.165, 1.54) is 17.2 Å². The molecule has 1 N–H and O–H groups in total. The molecule has 2 amide bonds. The molecular formula is C16H16Cl2N2O3. The number of nitrogens with one attached hydrogen (secondary N) is 1. The Morgan fingerprint density at radius 1 is 1.26 bits per heavy atom. The molecule has 0 saturated heterocycles. The van der Waals surface area contributed by atoms with E-state index in [2.05, 4.69) is 5.32 Å². The summed E-state index contributed by atoms with van der Waals surface area (Å²) in [7, 11) is 1.63. The normalized spacial score (nSPS) is 11.8. The number of hydrogen-bond acceptors (Lipinski definition) is 3. The lowest BCUT2D eigenvalue weighted by atomic mass is 10.2. The predicted molar refractivity (Wildman–Crippen MR) is 88.6 cm³/mol. The summed E-state index contributed by atoms with van der Waals surface area (Å²) in [6.07, 6.45) is 1.40. The minimum absolute atomic E-state index is 0.158. The first-order valence-corrected chi connectivity index (χ1v) is 7.68. The largest absolute Gasteiger partial charge is 0.459 e. The van der Waals surface area contributed by atoms with Gasteiger partial charge in [0.15, 0.2) is 5.76 Å². The zero-order chi connectivity index (χ0) is 17.0. The van der Waals surface area contributed by atoms with Crippen LogP contribution in [0.5, 0.6) is 0 Å². The van der Waals surface area contributed by atoms with Crippen molar-refractivity contribution in [2.45, 2.75) is 19.5 Å². The monoisotopic (exact) mass is 354 g/mol. The lowest BCUT2D eigenvalue weighted by Crippen LogP contribution is -2.45. The molecule has 0 aliphatic rings. The summed E-state index contributed by atoms with van der Waals surface area (Å²) in [5.74, 6) is -0.531. The third-order valence-electron chi connectivity index (χ3n) is 3.28. The molecule has 0 fully saturated rings. The van der Waals surface area contributed by atoms with Crippen LogP contribution < -0.4 is 5.32 Å². The molecule has 5 nitrogen and oxygen atoms in total. The molecule has 0 unspecified atom stereocenters. The highest BCUT2D eigenvalue weighted by molar-refractivity contribution is 6.42. The van der Waals surface area contributed by atoms with Crippen LogP contribution in [0.1, 0.15) is 23.0 Å². The van der Waals surface area contributed by atoms with Gasteiger partial charge in [0.25, 0.3) is 5.91 Å². The lowest BCUT2D eigenvalue weighted by Gasteiger charge is -2.22. The second-order valence-electron chi connectivity index (χ2n) is 5.08. The minimum atomic E-state index is -0.699. The van der Waals surface area contributed by atoms with E-state index in [0.29, 0.717) is 16.6 Å². The van der Waals surface area contributed by atoms with Crippen LogP contribution in [-0.2, 0) is 11.3 Å². The molecule has 0 aliphatic carbocycles. The van der Waals surface area contributed by atoms with Crippen LogP contribution in [0.4, 0.5) is 0 Å². The molecule has 0 spiro atoms. The van der Waals surface area contributed by atoms with Gasteiger partial charge in [0, 0.05) is 13.6 Å². The van der Waals surface area contributed by atoms with Crippen molar-refractivity contribution in [3.63, 3.8) is 0 Å². The fraction of sp³-hybridized carbons (Fsp3) is 0.250. The fourth-order valence-electron chi connectivity index (χ4n) is 2.07. The van der Waals surface area contributed by atoms with Crippen LogP contribution in [0.3, 0.4) is 0 Å². The topological polar surface area (TPSA) is 62.6 Å². The van der Waals surface area contributed by atoms with Gasteiger partial charge in [-0.15, -0.1) is 0 Å². The Bertz CT molecular complexity index is 701. The molecule has 2 aromatic rings. The maximum Gasteiger partial charge on any atom is 0.287 e. The molecule has 1 aromatic carbocycles. The number of rotatable bonds is 5. The Morgan fingerprint density at radius 3 is 2.65 bits per heavy atom. The fourth-order valence-corrected chi connectivity index (χ4v) is 2.45.